The molecule has 1 aliphatic rings. The summed E-state index contributed by atoms with van der Waals surface area (Å²) in [5.74, 6) is 0.421. The van der Waals surface area contributed by atoms with E-state index in [-0.39, 0.29) is 30.1 Å². The molecule has 0 unspecified atom stereocenters. The van der Waals surface area contributed by atoms with Crippen molar-refractivity contribution in [2.24, 2.45) is 0 Å². The Morgan fingerprint density at radius 3 is 2.62 bits per heavy atom. The van der Waals surface area contributed by atoms with Crippen molar-refractivity contribution in [1.82, 2.24) is 9.88 Å². The largest absolute Gasteiger partial charge is 0.481 e. The van der Waals surface area contributed by atoms with Gasteiger partial charge in [0.1, 0.15) is 11.3 Å². The molecule has 0 radical (unpaired) electrons. The van der Waals surface area contributed by atoms with E-state index in [0.29, 0.717) is 24.2 Å². The first kappa shape index (κ1) is 19.4. The van der Waals surface area contributed by atoms with Crippen LogP contribution >= 0.6 is 0 Å². The summed E-state index contributed by atoms with van der Waals surface area (Å²) in [5, 5.41) is 0.931. The first-order valence-electron chi connectivity index (χ1n) is 9.52. The van der Waals surface area contributed by atoms with Crippen molar-refractivity contribution in [2.45, 2.75) is 19.0 Å². The number of sulfone groups is 1. The molecule has 7 heteroatoms. The summed E-state index contributed by atoms with van der Waals surface area (Å²) in [6.45, 7) is 0.191. The van der Waals surface area contributed by atoms with Crippen LogP contribution in [0.15, 0.2) is 66.9 Å². The second-order valence-corrected chi connectivity index (χ2v) is 9.41. The third-order valence-electron chi connectivity index (χ3n) is 5.11. The van der Waals surface area contributed by atoms with E-state index in [1.165, 1.54) is 0 Å². The van der Waals surface area contributed by atoms with Crippen molar-refractivity contribution in [3.05, 3.63) is 72.4 Å². The van der Waals surface area contributed by atoms with Crippen molar-refractivity contribution in [1.29, 1.82) is 0 Å². The summed E-state index contributed by atoms with van der Waals surface area (Å²) < 4.78 is 29.7. The van der Waals surface area contributed by atoms with E-state index in [0.717, 1.165) is 10.9 Å². The van der Waals surface area contributed by atoms with Gasteiger partial charge in [0.15, 0.2) is 16.4 Å². The molecule has 0 spiro atoms. The van der Waals surface area contributed by atoms with Crippen LogP contribution in [-0.4, -0.2) is 48.4 Å². The van der Waals surface area contributed by atoms with Crippen LogP contribution < -0.4 is 4.74 Å². The van der Waals surface area contributed by atoms with E-state index in [4.69, 9.17) is 4.74 Å². The molecular weight excluding hydrogens is 388 g/mol. The van der Waals surface area contributed by atoms with E-state index in [1.807, 2.05) is 54.6 Å². The second-order valence-electron chi connectivity index (χ2n) is 7.18. The van der Waals surface area contributed by atoms with Crippen molar-refractivity contribution < 1.29 is 17.9 Å². The molecule has 0 aliphatic carbocycles. The third-order valence-corrected chi connectivity index (χ3v) is 6.86. The zero-order valence-corrected chi connectivity index (χ0v) is 16.7. The summed E-state index contributed by atoms with van der Waals surface area (Å²) in [7, 11) is -3.11. The Labute approximate surface area is 170 Å². The van der Waals surface area contributed by atoms with Crippen LogP contribution in [0.4, 0.5) is 0 Å². The van der Waals surface area contributed by atoms with Gasteiger partial charge in [-0.15, -0.1) is 0 Å². The lowest BCUT2D eigenvalue weighted by Crippen LogP contribution is -2.43. The number of fused-ring (bicyclic) bond motifs is 1. The van der Waals surface area contributed by atoms with Gasteiger partial charge in [0.05, 0.1) is 11.5 Å². The van der Waals surface area contributed by atoms with Gasteiger partial charge in [0.25, 0.3) is 5.91 Å². The second kappa shape index (κ2) is 8.21. The average Bonchev–Trinajstić information content (AvgIpc) is 3.10. The molecule has 1 saturated heterocycles. The Morgan fingerprint density at radius 1 is 1.07 bits per heavy atom. The molecule has 1 aromatic heterocycles. The number of hydrogen-bond donors (Lipinski definition) is 0. The van der Waals surface area contributed by atoms with E-state index in [2.05, 4.69) is 4.98 Å². The fourth-order valence-corrected chi connectivity index (χ4v) is 5.37. The van der Waals surface area contributed by atoms with E-state index >= 15 is 0 Å². The molecule has 2 aromatic carbocycles. The lowest BCUT2D eigenvalue weighted by atomic mass is 10.1. The van der Waals surface area contributed by atoms with Crippen molar-refractivity contribution >= 4 is 26.6 Å². The Hall–Kier alpha value is -2.93. The lowest BCUT2D eigenvalue weighted by Gasteiger charge is -2.28. The average molecular weight is 410 g/mol. The normalized spacial score (nSPS) is 17.9. The number of rotatable bonds is 6. The molecular formula is C22H22N2O4S. The van der Waals surface area contributed by atoms with Crippen LogP contribution in [0, 0.1) is 0 Å². The number of para-hydroxylation sites is 1. The van der Waals surface area contributed by atoms with Crippen LogP contribution in [0.1, 0.15) is 12.0 Å². The van der Waals surface area contributed by atoms with Crippen LogP contribution in [0.25, 0.3) is 10.9 Å². The molecule has 2 heterocycles. The molecule has 6 nitrogen and oxygen atoms in total. The Balaban J connectivity index is 1.53. The first-order chi connectivity index (χ1) is 14.0. The zero-order chi connectivity index (χ0) is 20.3. The van der Waals surface area contributed by atoms with Crippen LogP contribution in [0.5, 0.6) is 5.75 Å². The minimum Gasteiger partial charge on any atom is -0.481 e. The minimum absolute atomic E-state index is 0.00139. The Kier molecular flexibility index (Phi) is 5.49. The van der Waals surface area contributed by atoms with Gasteiger partial charge in [0.2, 0.25) is 0 Å². The maximum atomic E-state index is 13.0. The number of hydrogen-bond acceptors (Lipinski definition) is 5. The summed E-state index contributed by atoms with van der Waals surface area (Å²) in [5.41, 5.74) is 1.65. The smallest absolute Gasteiger partial charge is 0.261 e. The number of pyridine rings is 1. The fraction of sp³-hybridized carbons (Fsp3) is 0.273. The summed E-state index contributed by atoms with van der Waals surface area (Å²) in [6, 6.07) is 18.6. The SMILES string of the molecule is O=C(COc1cccc2cccnc12)N(Cc1ccccc1)[C@@H]1CCS(=O)(=O)C1. The van der Waals surface area contributed by atoms with Gasteiger partial charge < -0.3 is 9.64 Å². The topological polar surface area (TPSA) is 76.6 Å². The van der Waals surface area contributed by atoms with E-state index in [1.54, 1.807) is 17.2 Å². The molecule has 3 aromatic rings. The standard InChI is InChI=1S/C22H22N2O4S/c25-21(15-28-20-10-4-8-18-9-5-12-23-22(18)20)24(14-17-6-2-1-3-7-17)19-11-13-29(26,27)16-19/h1-10,12,19H,11,13-16H2/t19-/m1/s1. The molecule has 0 bridgehead atoms. The summed E-state index contributed by atoms with van der Waals surface area (Å²) >= 11 is 0. The molecule has 0 N–H and O–H groups in total. The molecule has 4 rings (SSSR count). The van der Waals surface area contributed by atoms with Gasteiger partial charge in [-0.05, 0) is 24.1 Å². The monoisotopic (exact) mass is 410 g/mol. The van der Waals surface area contributed by atoms with Crippen molar-refractivity contribution in [3.63, 3.8) is 0 Å². The zero-order valence-electron chi connectivity index (χ0n) is 15.9. The highest BCUT2D eigenvalue weighted by atomic mass is 32.2. The van der Waals surface area contributed by atoms with Gasteiger partial charge in [-0.3, -0.25) is 9.78 Å². The van der Waals surface area contributed by atoms with Crippen molar-refractivity contribution in [3.8, 4) is 5.75 Å². The van der Waals surface area contributed by atoms with E-state index in [9.17, 15) is 13.2 Å². The highest BCUT2D eigenvalue weighted by molar-refractivity contribution is 7.91. The van der Waals surface area contributed by atoms with Crippen LogP contribution in [0.3, 0.4) is 0 Å². The van der Waals surface area contributed by atoms with Gasteiger partial charge in [-0.25, -0.2) is 8.42 Å². The van der Waals surface area contributed by atoms with Gasteiger partial charge in [-0.2, -0.15) is 0 Å². The molecule has 0 saturated carbocycles. The number of carbonyl (C=O) groups is 1. The number of ether oxygens (including phenoxy) is 1. The predicted molar refractivity (Wildman–Crippen MR) is 111 cm³/mol. The number of nitrogens with zero attached hydrogens (tertiary/aromatic N) is 2. The molecule has 150 valence electrons. The molecule has 1 atom stereocenters. The molecule has 29 heavy (non-hydrogen) atoms. The van der Waals surface area contributed by atoms with Gasteiger partial charge >= 0.3 is 0 Å². The van der Waals surface area contributed by atoms with E-state index < -0.39 is 9.84 Å². The van der Waals surface area contributed by atoms with Crippen LogP contribution in [0.2, 0.25) is 0 Å². The number of carbonyl (C=O) groups excluding carboxylic acids is 1. The predicted octanol–water partition coefficient (Wildman–Crippen LogP) is 2.83. The highest BCUT2D eigenvalue weighted by Gasteiger charge is 2.34. The maximum Gasteiger partial charge on any atom is 0.261 e. The lowest BCUT2D eigenvalue weighted by molar-refractivity contribution is -0.135. The van der Waals surface area contributed by atoms with Gasteiger partial charge in [0, 0.05) is 24.2 Å². The molecule has 1 fully saturated rings. The maximum absolute atomic E-state index is 13.0. The fourth-order valence-electron chi connectivity index (χ4n) is 3.64. The number of benzene rings is 2. The van der Waals surface area contributed by atoms with Gasteiger partial charge in [-0.1, -0.05) is 48.5 Å². The Morgan fingerprint density at radius 2 is 1.86 bits per heavy atom. The number of amides is 1. The first-order valence-corrected chi connectivity index (χ1v) is 11.3. The van der Waals surface area contributed by atoms with Crippen molar-refractivity contribution in [2.75, 3.05) is 18.1 Å². The molecule has 1 aliphatic heterocycles. The highest BCUT2D eigenvalue weighted by Crippen LogP contribution is 2.24. The van der Waals surface area contributed by atoms with Crippen LogP contribution in [-0.2, 0) is 21.2 Å². The third kappa shape index (κ3) is 4.56. The number of aromatic nitrogens is 1. The minimum atomic E-state index is -3.11. The Bertz CT molecular complexity index is 1110. The molecule has 1 amide bonds. The summed E-state index contributed by atoms with van der Waals surface area (Å²) in [6.07, 6.45) is 2.14. The summed E-state index contributed by atoms with van der Waals surface area (Å²) in [4.78, 5) is 19.0. The quantitative estimate of drug-likeness (QED) is 0.625.